The molecule has 114 valence electrons. The molecule has 0 aliphatic carbocycles. The van der Waals surface area contributed by atoms with E-state index in [2.05, 4.69) is 34.5 Å². The highest BCUT2D eigenvalue weighted by Crippen LogP contribution is 2.38. The molecule has 1 aromatic carbocycles. The van der Waals surface area contributed by atoms with E-state index < -0.39 is 0 Å². The van der Waals surface area contributed by atoms with E-state index in [0.717, 1.165) is 32.9 Å². The second-order valence-corrected chi connectivity index (χ2v) is 6.39. The molecule has 0 aliphatic rings. The van der Waals surface area contributed by atoms with Gasteiger partial charge in [-0.2, -0.15) is 0 Å². The maximum absolute atomic E-state index is 6.03. The van der Waals surface area contributed by atoms with Crippen molar-refractivity contribution in [2.75, 3.05) is 12.4 Å². The molecule has 0 saturated heterocycles. The first kappa shape index (κ1) is 15.1. The largest absolute Gasteiger partial charge is 0.497 e. The molecule has 0 fully saturated rings. The summed E-state index contributed by atoms with van der Waals surface area (Å²) in [5.41, 5.74) is 2.20. The van der Waals surface area contributed by atoms with Gasteiger partial charge in [-0.1, -0.05) is 12.1 Å². The van der Waals surface area contributed by atoms with E-state index in [1.54, 1.807) is 18.4 Å². The first-order valence-electron chi connectivity index (χ1n) is 6.94. The van der Waals surface area contributed by atoms with Gasteiger partial charge in [-0.25, -0.2) is 9.97 Å². The number of methoxy groups -OCH3 is 1. The highest BCUT2D eigenvalue weighted by molar-refractivity contribution is 7.17. The molecule has 4 nitrogen and oxygen atoms in total. The molecule has 1 N–H and O–H groups in total. The lowest BCUT2D eigenvalue weighted by atomic mass is 10.1. The molecule has 3 aromatic rings. The van der Waals surface area contributed by atoms with E-state index in [0.29, 0.717) is 0 Å². The summed E-state index contributed by atoms with van der Waals surface area (Å²) in [6.45, 7) is 4.14. The van der Waals surface area contributed by atoms with Crippen LogP contribution in [0.4, 0.5) is 5.82 Å². The van der Waals surface area contributed by atoms with Crippen molar-refractivity contribution in [2.24, 2.45) is 0 Å². The van der Waals surface area contributed by atoms with Crippen molar-refractivity contribution in [3.63, 3.8) is 0 Å². The first-order chi connectivity index (χ1) is 10.6. The Morgan fingerprint density at radius 3 is 2.55 bits per heavy atom. The fraction of sp³-hybridized carbons (Fsp3) is 0.250. The Hall–Kier alpha value is -1.85. The lowest BCUT2D eigenvalue weighted by molar-refractivity contribution is 0.415. The lowest BCUT2D eigenvalue weighted by Gasteiger charge is -2.11. The minimum atomic E-state index is 0.262. The molecule has 6 heteroatoms. The Morgan fingerprint density at radius 2 is 1.91 bits per heavy atom. The van der Waals surface area contributed by atoms with Gasteiger partial charge < -0.3 is 10.1 Å². The molecule has 3 rings (SSSR count). The number of aromatic nitrogens is 2. The van der Waals surface area contributed by atoms with Gasteiger partial charge in [0.2, 0.25) is 5.28 Å². The third-order valence-corrected chi connectivity index (χ3v) is 4.27. The lowest BCUT2D eigenvalue weighted by Crippen LogP contribution is -2.11. The summed E-state index contributed by atoms with van der Waals surface area (Å²) in [7, 11) is 1.66. The van der Waals surface area contributed by atoms with Gasteiger partial charge in [0.25, 0.3) is 0 Å². The standard InChI is InChI=1S/C16H16ClN3OS/c1-9(2)18-14-13-12(8-22-15(13)20-16(17)19-14)10-4-6-11(21-3)7-5-10/h4-9H,1-3H3,(H,18,19,20). The average molecular weight is 334 g/mol. The van der Waals surface area contributed by atoms with Crippen molar-refractivity contribution in [3.05, 3.63) is 34.9 Å². The summed E-state index contributed by atoms with van der Waals surface area (Å²) in [5, 5.41) is 6.71. The van der Waals surface area contributed by atoms with Crippen molar-refractivity contribution >= 4 is 39.0 Å². The molecule has 0 atom stereocenters. The number of benzene rings is 1. The molecule has 0 unspecified atom stereocenters. The van der Waals surface area contributed by atoms with Gasteiger partial charge in [-0.15, -0.1) is 11.3 Å². The Morgan fingerprint density at radius 1 is 1.18 bits per heavy atom. The van der Waals surface area contributed by atoms with Crippen molar-refractivity contribution in [1.29, 1.82) is 0 Å². The van der Waals surface area contributed by atoms with E-state index in [9.17, 15) is 0 Å². The Labute approximate surface area is 138 Å². The molecule has 2 heterocycles. The van der Waals surface area contributed by atoms with Crippen LogP contribution in [-0.4, -0.2) is 23.1 Å². The van der Waals surface area contributed by atoms with E-state index in [4.69, 9.17) is 16.3 Å². The molecular weight excluding hydrogens is 318 g/mol. The molecule has 0 saturated carbocycles. The number of nitrogens with one attached hydrogen (secondary N) is 1. The van der Waals surface area contributed by atoms with Gasteiger partial charge in [0.05, 0.1) is 12.5 Å². The minimum absolute atomic E-state index is 0.262. The number of halogens is 1. The Balaban J connectivity index is 2.16. The van der Waals surface area contributed by atoms with Crippen LogP contribution in [0.2, 0.25) is 5.28 Å². The van der Waals surface area contributed by atoms with Gasteiger partial charge in [-0.05, 0) is 43.1 Å². The topological polar surface area (TPSA) is 47.0 Å². The number of fused-ring (bicyclic) bond motifs is 1. The number of thiophene rings is 1. The van der Waals surface area contributed by atoms with Crippen LogP contribution in [0.15, 0.2) is 29.6 Å². The second-order valence-electron chi connectivity index (χ2n) is 5.20. The Kier molecular flexibility index (Phi) is 4.18. The number of hydrogen-bond acceptors (Lipinski definition) is 5. The predicted octanol–water partition coefficient (Wildman–Crippen LogP) is 4.84. The fourth-order valence-corrected chi connectivity index (χ4v) is 3.44. The maximum Gasteiger partial charge on any atom is 0.225 e. The van der Waals surface area contributed by atoms with E-state index in [-0.39, 0.29) is 11.3 Å². The van der Waals surface area contributed by atoms with Crippen LogP contribution in [0.1, 0.15) is 13.8 Å². The van der Waals surface area contributed by atoms with Gasteiger partial charge in [-0.3, -0.25) is 0 Å². The molecule has 0 aliphatic heterocycles. The van der Waals surface area contributed by atoms with Crippen LogP contribution >= 0.6 is 22.9 Å². The van der Waals surface area contributed by atoms with Crippen molar-refractivity contribution < 1.29 is 4.74 Å². The molecule has 0 bridgehead atoms. The molecule has 22 heavy (non-hydrogen) atoms. The molecule has 0 spiro atoms. The third-order valence-electron chi connectivity index (χ3n) is 3.23. The number of ether oxygens (including phenoxy) is 1. The smallest absolute Gasteiger partial charge is 0.225 e. The van der Waals surface area contributed by atoms with Gasteiger partial charge in [0, 0.05) is 17.0 Å². The zero-order chi connectivity index (χ0) is 15.7. The van der Waals surface area contributed by atoms with Crippen LogP contribution in [0.3, 0.4) is 0 Å². The summed E-state index contributed by atoms with van der Waals surface area (Å²) in [5.74, 6) is 1.61. The van der Waals surface area contributed by atoms with Gasteiger partial charge in [0.1, 0.15) is 16.4 Å². The summed E-state index contributed by atoms with van der Waals surface area (Å²) in [6, 6.07) is 8.23. The quantitative estimate of drug-likeness (QED) is 0.694. The van der Waals surface area contributed by atoms with Gasteiger partial charge in [0.15, 0.2) is 0 Å². The number of hydrogen-bond donors (Lipinski definition) is 1. The summed E-state index contributed by atoms with van der Waals surface area (Å²) >= 11 is 7.60. The minimum Gasteiger partial charge on any atom is -0.497 e. The molecule has 0 radical (unpaired) electrons. The average Bonchev–Trinajstić information content (AvgIpc) is 2.90. The fourth-order valence-electron chi connectivity index (χ4n) is 2.28. The SMILES string of the molecule is COc1ccc(-c2csc3nc(Cl)nc(NC(C)C)c23)cc1. The highest BCUT2D eigenvalue weighted by atomic mass is 35.5. The van der Waals surface area contributed by atoms with Crippen molar-refractivity contribution in [2.45, 2.75) is 19.9 Å². The summed E-state index contributed by atoms with van der Waals surface area (Å²) in [4.78, 5) is 9.57. The van der Waals surface area contributed by atoms with E-state index in [1.165, 1.54) is 0 Å². The molecule has 0 amide bonds. The van der Waals surface area contributed by atoms with Crippen LogP contribution in [0.5, 0.6) is 5.75 Å². The maximum atomic E-state index is 6.03. The van der Waals surface area contributed by atoms with Crippen molar-refractivity contribution in [1.82, 2.24) is 9.97 Å². The van der Waals surface area contributed by atoms with Crippen LogP contribution in [-0.2, 0) is 0 Å². The Bertz CT molecular complexity index is 799. The molecular formula is C16H16ClN3OS. The molecule has 2 aromatic heterocycles. The summed E-state index contributed by atoms with van der Waals surface area (Å²) in [6.07, 6.45) is 0. The second kappa shape index (κ2) is 6.10. The first-order valence-corrected chi connectivity index (χ1v) is 8.20. The normalized spacial score (nSPS) is 11.1. The number of anilines is 1. The zero-order valence-electron chi connectivity index (χ0n) is 12.6. The number of rotatable bonds is 4. The third kappa shape index (κ3) is 2.87. The van der Waals surface area contributed by atoms with Crippen LogP contribution in [0, 0.1) is 0 Å². The highest BCUT2D eigenvalue weighted by Gasteiger charge is 2.15. The zero-order valence-corrected chi connectivity index (χ0v) is 14.1. The van der Waals surface area contributed by atoms with E-state index in [1.807, 2.05) is 24.3 Å². The van der Waals surface area contributed by atoms with Gasteiger partial charge >= 0.3 is 0 Å². The van der Waals surface area contributed by atoms with E-state index >= 15 is 0 Å². The van der Waals surface area contributed by atoms with Crippen LogP contribution in [0.25, 0.3) is 21.3 Å². The predicted molar refractivity (Wildman–Crippen MR) is 93.2 cm³/mol. The van der Waals surface area contributed by atoms with Crippen LogP contribution < -0.4 is 10.1 Å². The van der Waals surface area contributed by atoms with Crippen molar-refractivity contribution in [3.8, 4) is 16.9 Å². The number of nitrogens with zero attached hydrogens (tertiary/aromatic N) is 2. The monoisotopic (exact) mass is 333 g/mol. The summed E-state index contributed by atoms with van der Waals surface area (Å²) < 4.78 is 5.21.